The van der Waals surface area contributed by atoms with Crippen molar-refractivity contribution in [3.8, 4) is 22.6 Å². The fourth-order valence-electron chi connectivity index (χ4n) is 2.26. The van der Waals surface area contributed by atoms with Crippen molar-refractivity contribution in [2.24, 2.45) is 0 Å². The Bertz CT molecular complexity index is 716. The lowest BCUT2D eigenvalue weighted by molar-refractivity contribution is -0.137. The molecule has 3 aromatic rings. The Labute approximate surface area is 150 Å². The number of nitrogens with zero attached hydrogens (tertiary/aromatic N) is 1. The fourth-order valence-corrected chi connectivity index (χ4v) is 2.26. The average molecular weight is 365 g/mol. The van der Waals surface area contributed by atoms with Gasteiger partial charge in [-0.3, -0.25) is 4.79 Å². The van der Waals surface area contributed by atoms with E-state index in [0.717, 1.165) is 16.8 Å². The first kappa shape index (κ1) is 25.2. The number of oxazole rings is 1. The van der Waals surface area contributed by atoms with Gasteiger partial charge < -0.3 is 31.4 Å². The molecule has 0 fully saturated rings. The molecule has 8 heteroatoms. The lowest BCUT2D eigenvalue weighted by atomic mass is 10.1. The minimum absolute atomic E-state index is 0. The third-order valence-electron chi connectivity index (χ3n) is 3.31. The van der Waals surface area contributed by atoms with E-state index >= 15 is 0 Å². The Balaban J connectivity index is 0. The van der Waals surface area contributed by atoms with E-state index in [1.54, 1.807) is 0 Å². The molecule has 142 valence electrons. The fraction of sp³-hybridized carbons (Fsp3) is 0.111. The van der Waals surface area contributed by atoms with Crippen LogP contribution in [0.4, 0.5) is 0 Å². The normalized spacial score (nSPS) is 8.92. The van der Waals surface area contributed by atoms with Crippen LogP contribution in [0.2, 0.25) is 0 Å². The van der Waals surface area contributed by atoms with Gasteiger partial charge in [-0.05, 0) is 0 Å². The lowest BCUT2D eigenvalue weighted by Gasteiger charge is -2.00. The van der Waals surface area contributed by atoms with Crippen LogP contribution in [-0.2, 0) is 11.2 Å². The minimum Gasteiger partial charge on any atom is -0.481 e. The molecule has 2 aromatic carbocycles. The van der Waals surface area contributed by atoms with Crippen molar-refractivity contribution in [3.05, 3.63) is 66.6 Å². The molecule has 0 unspecified atom stereocenters. The van der Waals surface area contributed by atoms with E-state index in [1.165, 1.54) is 0 Å². The highest BCUT2D eigenvalue weighted by atomic mass is 16.4. The Kier molecular flexibility index (Phi) is 11.2. The lowest BCUT2D eigenvalue weighted by Crippen LogP contribution is -1.97. The summed E-state index contributed by atoms with van der Waals surface area (Å²) in [6, 6.07) is 19.5. The first-order chi connectivity index (χ1) is 10.7. The topological polar surface area (TPSA) is 189 Å². The van der Waals surface area contributed by atoms with Crippen LogP contribution in [0.15, 0.2) is 65.1 Å². The first-order valence-electron chi connectivity index (χ1n) is 7.06. The van der Waals surface area contributed by atoms with Gasteiger partial charge in [0.2, 0.25) is 0 Å². The van der Waals surface area contributed by atoms with Crippen molar-refractivity contribution < 1.29 is 36.2 Å². The molecule has 0 aliphatic rings. The second-order valence-electron chi connectivity index (χ2n) is 4.91. The molecule has 1 heterocycles. The van der Waals surface area contributed by atoms with Crippen molar-refractivity contribution in [3.63, 3.8) is 0 Å². The highest BCUT2D eigenvalue weighted by Gasteiger charge is 2.17. The van der Waals surface area contributed by atoms with Crippen LogP contribution < -0.4 is 0 Å². The quantitative estimate of drug-likeness (QED) is 0.697. The number of hydrogen-bond acceptors (Lipinski definition) is 3. The molecule has 0 radical (unpaired) electrons. The van der Waals surface area contributed by atoms with Gasteiger partial charge in [0.05, 0.1) is 6.42 Å². The van der Waals surface area contributed by atoms with Gasteiger partial charge in [0.1, 0.15) is 5.69 Å². The van der Waals surface area contributed by atoms with Crippen molar-refractivity contribution in [2.45, 2.75) is 12.8 Å². The summed E-state index contributed by atoms with van der Waals surface area (Å²) in [6.45, 7) is 0. The predicted octanol–water partition coefficient (Wildman–Crippen LogP) is 0.727. The molecule has 0 saturated carbocycles. The second kappa shape index (κ2) is 11.5. The van der Waals surface area contributed by atoms with Gasteiger partial charge in [-0.1, -0.05) is 60.7 Å². The third kappa shape index (κ3) is 5.80. The second-order valence-corrected chi connectivity index (χ2v) is 4.91. The predicted molar refractivity (Wildman–Crippen MR) is 97.8 cm³/mol. The summed E-state index contributed by atoms with van der Waals surface area (Å²) in [6.07, 6.45) is 0.283. The Morgan fingerprint density at radius 1 is 0.846 bits per heavy atom. The van der Waals surface area contributed by atoms with E-state index in [1.807, 2.05) is 60.7 Å². The highest BCUT2D eigenvalue weighted by molar-refractivity contribution is 5.76. The standard InChI is InChI=1S/C18H15NO3.4H2O/c20-16(21)12-11-15-19-17(13-7-3-1-4-8-13)18(22-15)14-9-5-2-6-10-14;;;;/h1-10H,11-12H2,(H,20,21);4*1H2. The van der Waals surface area contributed by atoms with Crippen LogP contribution in [0, 0.1) is 0 Å². The number of carbonyl (C=O) groups is 1. The summed E-state index contributed by atoms with van der Waals surface area (Å²) >= 11 is 0. The van der Waals surface area contributed by atoms with Crippen LogP contribution in [0.1, 0.15) is 12.3 Å². The van der Waals surface area contributed by atoms with Gasteiger partial charge in [-0.2, -0.15) is 0 Å². The third-order valence-corrected chi connectivity index (χ3v) is 3.31. The monoisotopic (exact) mass is 365 g/mol. The Morgan fingerprint density at radius 2 is 1.35 bits per heavy atom. The molecule has 0 aliphatic heterocycles. The Morgan fingerprint density at radius 3 is 1.85 bits per heavy atom. The summed E-state index contributed by atoms with van der Waals surface area (Å²) in [7, 11) is 0. The number of carboxylic acids is 1. The summed E-state index contributed by atoms with van der Waals surface area (Å²) in [5.74, 6) is 0.257. The number of aliphatic carboxylic acids is 1. The zero-order valence-electron chi connectivity index (χ0n) is 13.9. The van der Waals surface area contributed by atoms with Crippen molar-refractivity contribution in [2.75, 3.05) is 0 Å². The molecule has 1 aromatic heterocycles. The maximum absolute atomic E-state index is 10.7. The summed E-state index contributed by atoms with van der Waals surface area (Å²) in [4.78, 5) is 15.2. The molecule has 26 heavy (non-hydrogen) atoms. The van der Waals surface area contributed by atoms with Crippen LogP contribution in [0.3, 0.4) is 0 Å². The van der Waals surface area contributed by atoms with E-state index in [2.05, 4.69) is 4.98 Å². The number of hydrogen-bond donors (Lipinski definition) is 1. The van der Waals surface area contributed by atoms with Gasteiger partial charge >= 0.3 is 5.97 Å². The molecule has 9 N–H and O–H groups in total. The molecule has 0 aliphatic carbocycles. The van der Waals surface area contributed by atoms with Gasteiger partial charge in [0.25, 0.3) is 0 Å². The molecular weight excluding hydrogens is 342 g/mol. The molecule has 8 nitrogen and oxygen atoms in total. The van der Waals surface area contributed by atoms with Crippen molar-refractivity contribution in [1.82, 2.24) is 4.98 Å². The van der Waals surface area contributed by atoms with Gasteiger partial charge in [0.15, 0.2) is 11.7 Å². The average Bonchev–Trinajstić information content (AvgIpc) is 2.99. The van der Waals surface area contributed by atoms with Gasteiger partial charge in [-0.15, -0.1) is 0 Å². The van der Waals surface area contributed by atoms with Crippen molar-refractivity contribution in [1.29, 1.82) is 0 Å². The van der Waals surface area contributed by atoms with E-state index in [-0.39, 0.29) is 34.7 Å². The molecule has 0 atom stereocenters. The molecule has 0 bridgehead atoms. The van der Waals surface area contributed by atoms with E-state index < -0.39 is 5.97 Å². The van der Waals surface area contributed by atoms with Gasteiger partial charge in [0, 0.05) is 17.5 Å². The highest BCUT2D eigenvalue weighted by Crippen LogP contribution is 2.32. The van der Waals surface area contributed by atoms with Crippen LogP contribution in [-0.4, -0.2) is 38.0 Å². The zero-order chi connectivity index (χ0) is 15.4. The SMILES string of the molecule is O.O.O.O.O=C(O)CCc1nc(-c2ccccc2)c(-c2ccccc2)o1. The molecular formula is C18H23NO7. The number of benzene rings is 2. The minimum atomic E-state index is -0.860. The number of rotatable bonds is 5. The van der Waals surface area contributed by atoms with E-state index in [0.29, 0.717) is 11.7 Å². The summed E-state index contributed by atoms with van der Waals surface area (Å²) in [5.41, 5.74) is 2.62. The number of carboxylic acid groups (broad SMARTS) is 1. The molecule has 0 spiro atoms. The van der Waals surface area contributed by atoms with Gasteiger partial charge in [-0.25, -0.2) is 4.98 Å². The maximum Gasteiger partial charge on any atom is 0.303 e. The van der Waals surface area contributed by atoms with E-state index in [4.69, 9.17) is 9.52 Å². The van der Waals surface area contributed by atoms with E-state index in [9.17, 15) is 4.79 Å². The summed E-state index contributed by atoms with van der Waals surface area (Å²) < 4.78 is 5.83. The molecule has 0 amide bonds. The first-order valence-corrected chi connectivity index (χ1v) is 7.06. The molecule has 3 rings (SSSR count). The Hall–Kier alpha value is -3.04. The number of aryl methyl sites for hydroxylation is 1. The molecule has 0 saturated heterocycles. The zero-order valence-corrected chi connectivity index (χ0v) is 13.9. The smallest absolute Gasteiger partial charge is 0.303 e. The maximum atomic E-state index is 10.7. The number of aromatic nitrogens is 1. The largest absolute Gasteiger partial charge is 0.481 e. The summed E-state index contributed by atoms with van der Waals surface area (Å²) in [5, 5.41) is 8.82. The van der Waals surface area contributed by atoms with Crippen LogP contribution >= 0.6 is 0 Å². The van der Waals surface area contributed by atoms with Crippen molar-refractivity contribution >= 4 is 5.97 Å². The van der Waals surface area contributed by atoms with Crippen LogP contribution in [0.25, 0.3) is 22.6 Å². The van der Waals surface area contributed by atoms with Crippen LogP contribution in [0.5, 0.6) is 0 Å².